The van der Waals surface area contributed by atoms with Gasteiger partial charge in [0.1, 0.15) is 6.04 Å². The molecule has 4 rings (SSSR count). The van der Waals surface area contributed by atoms with Crippen LogP contribution in [-0.4, -0.2) is 39.1 Å². The number of amides is 2. The molecule has 1 saturated heterocycles. The van der Waals surface area contributed by atoms with Crippen LogP contribution in [0.15, 0.2) is 60.8 Å². The molecule has 2 amide bonds. The minimum absolute atomic E-state index is 0.110. The van der Waals surface area contributed by atoms with Gasteiger partial charge in [-0.25, -0.2) is 4.68 Å². The molecule has 0 bridgehead atoms. The number of benzene rings is 2. The summed E-state index contributed by atoms with van der Waals surface area (Å²) in [5.74, 6) is -0.553. The Morgan fingerprint density at radius 2 is 1.80 bits per heavy atom. The van der Waals surface area contributed by atoms with Crippen LogP contribution in [-0.2, 0) is 16.0 Å². The molecule has 0 aliphatic carbocycles. The lowest BCUT2D eigenvalue weighted by Crippen LogP contribution is -2.50. The number of nitrogens with zero attached hydrogens (tertiary/aromatic N) is 3. The maximum Gasteiger partial charge on any atom is 0.240 e. The summed E-state index contributed by atoms with van der Waals surface area (Å²) in [5.41, 5.74) is 8.83. The van der Waals surface area contributed by atoms with Crippen LogP contribution in [0.3, 0.4) is 0 Å². The van der Waals surface area contributed by atoms with Crippen LogP contribution in [0, 0.1) is 0 Å². The summed E-state index contributed by atoms with van der Waals surface area (Å²) < 4.78 is 1.77. The summed E-state index contributed by atoms with van der Waals surface area (Å²) >= 11 is 6.04. The van der Waals surface area contributed by atoms with Crippen molar-refractivity contribution >= 4 is 23.4 Å². The number of carbonyl (C=O) groups is 2. The molecule has 30 heavy (non-hydrogen) atoms. The van der Waals surface area contributed by atoms with E-state index in [9.17, 15) is 9.59 Å². The van der Waals surface area contributed by atoms with Crippen LogP contribution in [0.5, 0.6) is 0 Å². The molecule has 2 heterocycles. The van der Waals surface area contributed by atoms with E-state index < -0.39 is 11.9 Å². The molecule has 1 unspecified atom stereocenters. The standard InChI is InChI=1S/C23H23ClN4O2/c24-18-11-9-16(10-12-18)22-17(15-28(26-22)19-6-2-1-3-7-19)14-21(29)27-13-5-4-8-20(27)23(25)30/h1-3,6-7,9-12,15,20H,4-5,8,13-14H2,(H2,25,30). The van der Waals surface area contributed by atoms with Crippen molar-refractivity contribution in [2.24, 2.45) is 5.73 Å². The first-order valence-corrected chi connectivity index (χ1v) is 10.4. The van der Waals surface area contributed by atoms with Gasteiger partial charge in [0, 0.05) is 28.9 Å². The largest absolute Gasteiger partial charge is 0.368 e. The number of hydrogen-bond acceptors (Lipinski definition) is 3. The van der Waals surface area contributed by atoms with Crippen molar-refractivity contribution in [3.05, 3.63) is 71.4 Å². The van der Waals surface area contributed by atoms with Gasteiger partial charge in [0.05, 0.1) is 17.8 Å². The molecule has 1 aliphatic heterocycles. The van der Waals surface area contributed by atoms with Crippen molar-refractivity contribution in [2.45, 2.75) is 31.7 Å². The molecule has 1 fully saturated rings. The Labute approximate surface area is 180 Å². The Morgan fingerprint density at radius 3 is 2.50 bits per heavy atom. The van der Waals surface area contributed by atoms with Crippen molar-refractivity contribution in [3.63, 3.8) is 0 Å². The summed E-state index contributed by atoms with van der Waals surface area (Å²) in [6, 6.07) is 16.6. The molecule has 1 aromatic heterocycles. The average Bonchev–Trinajstić information content (AvgIpc) is 3.18. The molecule has 0 saturated carbocycles. The number of nitrogens with two attached hydrogens (primary N) is 1. The summed E-state index contributed by atoms with van der Waals surface area (Å²) in [5, 5.41) is 5.38. The van der Waals surface area contributed by atoms with Gasteiger partial charge < -0.3 is 10.6 Å². The van der Waals surface area contributed by atoms with Gasteiger partial charge in [0.15, 0.2) is 0 Å². The number of carbonyl (C=O) groups excluding carboxylic acids is 2. The first-order valence-electron chi connectivity index (χ1n) is 10.0. The predicted molar refractivity (Wildman–Crippen MR) is 116 cm³/mol. The van der Waals surface area contributed by atoms with Gasteiger partial charge in [-0.05, 0) is 43.5 Å². The molecule has 1 atom stereocenters. The summed E-state index contributed by atoms with van der Waals surface area (Å²) in [6.45, 7) is 0.551. The predicted octanol–water partition coefficient (Wildman–Crippen LogP) is 3.60. The molecule has 0 spiro atoms. The zero-order valence-corrected chi connectivity index (χ0v) is 17.3. The molecular weight excluding hydrogens is 400 g/mol. The highest BCUT2D eigenvalue weighted by atomic mass is 35.5. The molecule has 6 nitrogen and oxygen atoms in total. The second-order valence-electron chi connectivity index (χ2n) is 7.47. The van der Waals surface area contributed by atoms with E-state index in [0.29, 0.717) is 18.0 Å². The number of para-hydroxylation sites is 1. The minimum atomic E-state index is -0.533. The molecule has 2 N–H and O–H groups in total. The molecule has 1 aliphatic rings. The van der Waals surface area contributed by atoms with Crippen LogP contribution >= 0.6 is 11.6 Å². The topological polar surface area (TPSA) is 81.2 Å². The van der Waals surface area contributed by atoms with E-state index in [1.165, 1.54) is 0 Å². The minimum Gasteiger partial charge on any atom is -0.368 e. The molecule has 2 aromatic carbocycles. The zero-order chi connectivity index (χ0) is 21.1. The van der Waals surface area contributed by atoms with E-state index in [1.807, 2.05) is 48.7 Å². The smallest absolute Gasteiger partial charge is 0.240 e. The SMILES string of the molecule is NC(=O)C1CCCCN1C(=O)Cc1cn(-c2ccccc2)nc1-c1ccc(Cl)cc1. The van der Waals surface area contributed by atoms with Gasteiger partial charge >= 0.3 is 0 Å². The molecule has 0 radical (unpaired) electrons. The number of primary amides is 1. The molecule has 154 valence electrons. The maximum atomic E-state index is 13.1. The fourth-order valence-corrected chi connectivity index (χ4v) is 4.02. The number of aromatic nitrogens is 2. The number of likely N-dealkylation sites (tertiary alicyclic amines) is 1. The van der Waals surface area contributed by atoms with Crippen molar-refractivity contribution in [2.75, 3.05) is 6.54 Å². The van der Waals surface area contributed by atoms with Gasteiger partial charge in [-0.2, -0.15) is 5.10 Å². The van der Waals surface area contributed by atoms with Crippen LogP contribution < -0.4 is 5.73 Å². The third-order valence-electron chi connectivity index (χ3n) is 5.42. The summed E-state index contributed by atoms with van der Waals surface area (Å²) in [7, 11) is 0. The number of hydrogen-bond donors (Lipinski definition) is 1. The van der Waals surface area contributed by atoms with Crippen molar-refractivity contribution in [1.82, 2.24) is 14.7 Å². The lowest BCUT2D eigenvalue weighted by Gasteiger charge is -2.33. The van der Waals surface area contributed by atoms with Crippen LogP contribution in [0.2, 0.25) is 5.02 Å². The fourth-order valence-electron chi connectivity index (χ4n) is 3.89. The molecule has 3 aromatic rings. The quantitative estimate of drug-likeness (QED) is 0.682. The number of piperidine rings is 1. The lowest BCUT2D eigenvalue weighted by atomic mass is 9.99. The Kier molecular flexibility index (Phi) is 5.86. The van der Waals surface area contributed by atoms with Crippen molar-refractivity contribution in [1.29, 1.82) is 0 Å². The Bertz CT molecular complexity index is 1050. The van der Waals surface area contributed by atoms with E-state index in [1.54, 1.807) is 21.7 Å². The van der Waals surface area contributed by atoms with Gasteiger partial charge in [-0.1, -0.05) is 41.9 Å². The third kappa shape index (κ3) is 4.24. The van der Waals surface area contributed by atoms with Crippen LogP contribution in [0.4, 0.5) is 0 Å². The van der Waals surface area contributed by atoms with Crippen LogP contribution in [0.25, 0.3) is 16.9 Å². The molecular formula is C23H23ClN4O2. The summed E-state index contributed by atoms with van der Waals surface area (Å²) in [4.78, 5) is 26.6. The van der Waals surface area contributed by atoms with Crippen LogP contribution in [0.1, 0.15) is 24.8 Å². The van der Waals surface area contributed by atoms with Crippen molar-refractivity contribution in [3.8, 4) is 16.9 Å². The number of halogens is 1. The first kappa shape index (κ1) is 20.2. The van der Waals surface area contributed by atoms with Crippen molar-refractivity contribution < 1.29 is 9.59 Å². The Morgan fingerprint density at radius 1 is 1.07 bits per heavy atom. The Hall–Kier alpha value is -3.12. The summed E-state index contributed by atoms with van der Waals surface area (Å²) in [6.07, 6.45) is 4.42. The highest BCUT2D eigenvalue weighted by Gasteiger charge is 2.31. The van der Waals surface area contributed by atoms with Gasteiger partial charge in [-0.15, -0.1) is 0 Å². The lowest BCUT2D eigenvalue weighted by molar-refractivity contribution is -0.140. The number of rotatable bonds is 5. The fraction of sp³-hybridized carbons (Fsp3) is 0.261. The highest BCUT2D eigenvalue weighted by molar-refractivity contribution is 6.30. The zero-order valence-electron chi connectivity index (χ0n) is 16.5. The van der Waals surface area contributed by atoms with E-state index in [2.05, 4.69) is 0 Å². The van der Waals surface area contributed by atoms with E-state index in [4.69, 9.17) is 22.4 Å². The van der Waals surface area contributed by atoms with E-state index in [0.717, 1.165) is 35.3 Å². The third-order valence-corrected chi connectivity index (χ3v) is 5.67. The normalized spacial score (nSPS) is 16.4. The molecule has 7 heteroatoms. The second-order valence-corrected chi connectivity index (χ2v) is 7.90. The van der Waals surface area contributed by atoms with E-state index in [-0.39, 0.29) is 12.3 Å². The average molecular weight is 423 g/mol. The van der Waals surface area contributed by atoms with Gasteiger partial charge in [-0.3, -0.25) is 9.59 Å². The first-order chi connectivity index (χ1) is 14.5. The second kappa shape index (κ2) is 8.71. The highest BCUT2D eigenvalue weighted by Crippen LogP contribution is 2.27. The van der Waals surface area contributed by atoms with Gasteiger partial charge in [0.25, 0.3) is 0 Å². The Balaban J connectivity index is 1.69. The van der Waals surface area contributed by atoms with E-state index >= 15 is 0 Å². The monoisotopic (exact) mass is 422 g/mol. The maximum absolute atomic E-state index is 13.1. The van der Waals surface area contributed by atoms with Gasteiger partial charge in [0.2, 0.25) is 11.8 Å².